The van der Waals surface area contributed by atoms with Gasteiger partial charge >= 0.3 is 12.6 Å². The molecule has 0 saturated carbocycles. The van der Waals surface area contributed by atoms with E-state index in [2.05, 4.69) is 20.4 Å². The lowest BCUT2D eigenvalue weighted by Crippen LogP contribution is -2.19. The van der Waals surface area contributed by atoms with E-state index in [1.807, 2.05) is 0 Å². The summed E-state index contributed by atoms with van der Waals surface area (Å²) >= 11 is 6.92. The van der Waals surface area contributed by atoms with Gasteiger partial charge in [0.2, 0.25) is 0 Å². The summed E-state index contributed by atoms with van der Waals surface area (Å²) in [6.45, 7) is -2.89. The van der Waals surface area contributed by atoms with E-state index in [9.17, 15) is 13.6 Å². The summed E-state index contributed by atoms with van der Waals surface area (Å²) in [5.41, 5.74) is 1.15. The van der Waals surface area contributed by atoms with Crippen molar-refractivity contribution in [2.24, 2.45) is 0 Å². The molecule has 3 rings (SSSR count). The fourth-order valence-electron chi connectivity index (χ4n) is 1.93. The van der Waals surface area contributed by atoms with Crippen molar-refractivity contribution in [1.29, 1.82) is 0 Å². The van der Waals surface area contributed by atoms with E-state index in [1.165, 1.54) is 12.1 Å². The maximum atomic E-state index is 12.2. The smallest absolute Gasteiger partial charge is 0.387 e. The minimum absolute atomic E-state index is 0.0401. The first kappa shape index (κ1) is 16.4. The van der Waals surface area contributed by atoms with Gasteiger partial charge in [-0.2, -0.15) is 8.78 Å². The molecule has 0 spiro atoms. The Labute approximate surface area is 144 Å². The second kappa shape index (κ2) is 6.98. The summed E-state index contributed by atoms with van der Waals surface area (Å²) in [5.74, 6) is 0.0401. The van der Waals surface area contributed by atoms with Gasteiger partial charge in [0.05, 0.1) is 10.2 Å². The number of rotatable bonds is 4. The van der Waals surface area contributed by atoms with Crippen molar-refractivity contribution in [2.45, 2.75) is 6.61 Å². The summed E-state index contributed by atoms with van der Waals surface area (Å²) in [6, 6.07) is 10.5. The summed E-state index contributed by atoms with van der Waals surface area (Å²) in [7, 11) is 0. The third-order valence-corrected chi connectivity index (χ3v) is 4.09. The lowest BCUT2D eigenvalue weighted by atomic mass is 10.3. The minimum Gasteiger partial charge on any atom is -0.435 e. The maximum Gasteiger partial charge on any atom is 0.387 e. The van der Waals surface area contributed by atoms with Crippen molar-refractivity contribution in [3.63, 3.8) is 0 Å². The quantitative estimate of drug-likeness (QED) is 0.664. The Balaban J connectivity index is 1.70. The molecule has 9 heteroatoms. The molecule has 0 fully saturated rings. The van der Waals surface area contributed by atoms with Crippen LogP contribution in [0.5, 0.6) is 5.75 Å². The van der Waals surface area contributed by atoms with Crippen LogP contribution in [0.1, 0.15) is 0 Å². The molecule has 2 amide bonds. The van der Waals surface area contributed by atoms with Gasteiger partial charge in [-0.05, 0) is 42.5 Å². The van der Waals surface area contributed by atoms with Gasteiger partial charge in [-0.1, -0.05) is 22.9 Å². The molecule has 0 bridgehead atoms. The molecule has 3 aromatic rings. The van der Waals surface area contributed by atoms with Gasteiger partial charge in [-0.25, -0.2) is 9.78 Å². The third kappa shape index (κ3) is 4.09. The lowest BCUT2D eigenvalue weighted by Gasteiger charge is -2.04. The van der Waals surface area contributed by atoms with Gasteiger partial charge in [-0.15, -0.1) is 0 Å². The molecule has 0 aliphatic heterocycles. The molecule has 0 atom stereocenters. The standard InChI is InChI=1S/C15H10ClF2N3O2S/c16-8-1-3-9(4-2-8)19-14(22)21-15-20-11-6-5-10(23-13(17)18)7-12(11)24-15/h1-7,13H,(H2,19,20,21,22). The number of aromatic nitrogens is 1. The normalized spacial score (nSPS) is 10.8. The molecule has 0 aliphatic rings. The van der Waals surface area contributed by atoms with E-state index in [0.29, 0.717) is 26.1 Å². The van der Waals surface area contributed by atoms with Crippen LogP contribution >= 0.6 is 22.9 Å². The van der Waals surface area contributed by atoms with Crippen molar-refractivity contribution in [3.8, 4) is 5.75 Å². The highest BCUT2D eigenvalue weighted by Crippen LogP contribution is 2.30. The van der Waals surface area contributed by atoms with Gasteiger partial charge < -0.3 is 10.1 Å². The van der Waals surface area contributed by atoms with Crippen LogP contribution in [0, 0.1) is 0 Å². The van der Waals surface area contributed by atoms with Crippen molar-refractivity contribution < 1.29 is 18.3 Å². The van der Waals surface area contributed by atoms with E-state index in [4.69, 9.17) is 11.6 Å². The molecule has 5 nitrogen and oxygen atoms in total. The number of carbonyl (C=O) groups is 1. The number of fused-ring (bicyclic) bond motifs is 1. The largest absolute Gasteiger partial charge is 0.435 e. The first-order valence-corrected chi connectivity index (χ1v) is 7.88. The van der Waals surface area contributed by atoms with Crippen molar-refractivity contribution in [3.05, 3.63) is 47.5 Å². The van der Waals surface area contributed by atoms with Gasteiger partial charge in [0.25, 0.3) is 0 Å². The number of nitrogens with zero attached hydrogens (tertiary/aromatic N) is 1. The Morgan fingerprint density at radius 3 is 2.62 bits per heavy atom. The van der Waals surface area contributed by atoms with Crippen LogP contribution in [0.15, 0.2) is 42.5 Å². The van der Waals surface area contributed by atoms with Crippen LogP contribution in [-0.2, 0) is 0 Å². The number of halogens is 3. The second-order valence-corrected chi connectivity index (χ2v) is 6.08. The number of thiazole rings is 1. The van der Waals surface area contributed by atoms with E-state index in [0.717, 1.165) is 11.3 Å². The molecule has 0 saturated heterocycles. The Hall–Kier alpha value is -2.45. The molecule has 24 heavy (non-hydrogen) atoms. The first-order chi connectivity index (χ1) is 11.5. The van der Waals surface area contributed by atoms with Crippen LogP contribution in [0.3, 0.4) is 0 Å². The molecular formula is C15H10ClF2N3O2S. The fourth-order valence-corrected chi connectivity index (χ4v) is 2.94. The summed E-state index contributed by atoms with van der Waals surface area (Å²) in [4.78, 5) is 16.2. The number of hydrogen-bond acceptors (Lipinski definition) is 4. The molecule has 1 aromatic heterocycles. The highest BCUT2D eigenvalue weighted by atomic mass is 35.5. The summed E-state index contributed by atoms with van der Waals surface area (Å²) in [5, 5.41) is 6.13. The number of urea groups is 1. The van der Waals surface area contributed by atoms with Gasteiger partial charge in [0, 0.05) is 10.7 Å². The number of carbonyl (C=O) groups excluding carboxylic acids is 1. The number of anilines is 2. The van der Waals surface area contributed by atoms with Gasteiger partial charge in [0.15, 0.2) is 5.13 Å². The topological polar surface area (TPSA) is 63.2 Å². The zero-order valence-corrected chi connectivity index (χ0v) is 13.5. The molecule has 124 valence electrons. The molecule has 2 aromatic carbocycles. The van der Waals surface area contributed by atoms with Gasteiger partial charge in [-0.3, -0.25) is 5.32 Å². The van der Waals surface area contributed by atoms with Crippen LogP contribution in [0.2, 0.25) is 5.02 Å². The second-order valence-electron chi connectivity index (χ2n) is 4.61. The molecule has 0 aliphatic carbocycles. The number of ether oxygens (including phenoxy) is 1. The van der Waals surface area contributed by atoms with Crippen LogP contribution in [-0.4, -0.2) is 17.6 Å². The van der Waals surface area contributed by atoms with E-state index >= 15 is 0 Å². The third-order valence-electron chi connectivity index (χ3n) is 2.91. The molecule has 0 radical (unpaired) electrons. The van der Waals surface area contributed by atoms with Crippen LogP contribution in [0.4, 0.5) is 24.4 Å². The monoisotopic (exact) mass is 369 g/mol. The van der Waals surface area contributed by atoms with Crippen molar-refractivity contribution in [2.75, 3.05) is 10.6 Å². The SMILES string of the molecule is O=C(Nc1ccc(Cl)cc1)Nc1nc2ccc(OC(F)F)cc2s1. The Bertz CT molecular complexity index is 871. The minimum atomic E-state index is -2.89. The number of nitrogens with one attached hydrogen (secondary N) is 2. The van der Waals surface area contributed by atoms with E-state index in [1.54, 1.807) is 30.3 Å². The van der Waals surface area contributed by atoms with E-state index in [-0.39, 0.29) is 5.75 Å². The number of benzene rings is 2. The number of amides is 2. The average Bonchev–Trinajstić information content (AvgIpc) is 2.90. The molecular weight excluding hydrogens is 360 g/mol. The highest BCUT2D eigenvalue weighted by Gasteiger charge is 2.10. The van der Waals surface area contributed by atoms with Crippen LogP contribution in [0.25, 0.3) is 10.2 Å². The predicted octanol–water partition coefficient (Wildman–Crippen LogP) is 5.20. The van der Waals surface area contributed by atoms with Gasteiger partial charge in [0.1, 0.15) is 5.75 Å². The Morgan fingerprint density at radius 1 is 1.17 bits per heavy atom. The van der Waals surface area contributed by atoms with Crippen LogP contribution < -0.4 is 15.4 Å². The zero-order valence-electron chi connectivity index (χ0n) is 11.9. The lowest BCUT2D eigenvalue weighted by molar-refractivity contribution is -0.0497. The molecule has 0 unspecified atom stereocenters. The average molecular weight is 370 g/mol. The Kier molecular flexibility index (Phi) is 4.77. The Morgan fingerprint density at radius 2 is 1.92 bits per heavy atom. The highest BCUT2D eigenvalue weighted by molar-refractivity contribution is 7.22. The van der Waals surface area contributed by atoms with Crippen molar-refractivity contribution >= 4 is 50.0 Å². The first-order valence-electron chi connectivity index (χ1n) is 6.68. The predicted molar refractivity (Wildman–Crippen MR) is 90.3 cm³/mol. The number of hydrogen-bond donors (Lipinski definition) is 2. The van der Waals surface area contributed by atoms with E-state index < -0.39 is 12.6 Å². The van der Waals surface area contributed by atoms with Crippen molar-refractivity contribution in [1.82, 2.24) is 4.98 Å². The number of alkyl halides is 2. The summed E-state index contributed by atoms with van der Waals surface area (Å²) in [6.07, 6.45) is 0. The molecule has 2 N–H and O–H groups in total. The molecule has 1 heterocycles. The summed E-state index contributed by atoms with van der Waals surface area (Å²) < 4.78 is 29.4. The maximum absolute atomic E-state index is 12.2. The fraction of sp³-hybridized carbons (Fsp3) is 0.0667. The zero-order chi connectivity index (χ0) is 17.1.